The summed E-state index contributed by atoms with van der Waals surface area (Å²) in [6, 6.07) is 0. The molecule has 1 aromatic heterocycles. The molecule has 0 aromatic carbocycles. The zero-order chi connectivity index (χ0) is 8.81. The summed E-state index contributed by atoms with van der Waals surface area (Å²) in [5.41, 5.74) is 0. The Morgan fingerprint density at radius 1 is 1.58 bits per heavy atom. The lowest BCUT2D eigenvalue weighted by Gasteiger charge is -2.05. The molecule has 0 atom stereocenters. The average molecular weight is 168 g/mol. The van der Waals surface area contributed by atoms with Crippen LogP contribution in [0.5, 0.6) is 0 Å². The van der Waals surface area contributed by atoms with Crippen LogP contribution in [0.3, 0.4) is 0 Å². The summed E-state index contributed by atoms with van der Waals surface area (Å²) in [5, 5.41) is 0. The van der Waals surface area contributed by atoms with Gasteiger partial charge in [-0.1, -0.05) is 13.3 Å². The van der Waals surface area contributed by atoms with E-state index in [1.807, 2.05) is 17.7 Å². The van der Waals surface area contributed by atoms with Crippen LogP contribution in [0.1, 0.15) is 25.6 Å². The van der Waals surface area contributed by atoms with Crippen molar-refractivity contribution in [3.63, 3.8) is 0 Å². The first-order valence-electron chi connectivity index (χ1n) is 4.40. The summed E-state index contributed by atoms with van der Waals surface area (Å²) in [6.45, 7) is 5.61. The molecule has 0 spiro atoms. The van der Waals surface area contributed by atoms with E-state index in [1.165, 1.54) is 6.42 Å². The van der Waals surface area contributed by atoms with Gasteiger partial charge in [0, 0.05) is 19.0 Å². The zero-order valence-corrected chi connectivity index (χ0v) is 7.79. The molecule has 1 aromatic rings. The normalized spacial score (nSPS) is 10.5. The lowest BCUT2D eigenvalue weighted by molar-refractivity contribution is 0.0735. The third-order valence-corrected chi connectivity index (χ3v) is 1.80. The molecular weight excluding hydrogens is 152 g/mol. The first kappa shape index (κ1) is 9.26. The fourth-order valence-corrected chi connectivity index (χ4v) is 0.949. The van der Waals surface area contributed by atoms with E-state index in [1.54, 1.807) is 6.20 Å². The molecule has 68 valence electrons. The summed E-state index contributed by atoms with van der Waals surface area (Å²) in [7, 11) is 0. The van der Waals surface area contributed by atoms with Crippen molar-refractivity contribution in [2.75, 3.05) is 6.61 Å². The van der Waals surface area contributed by atoms with Crippen molar-refractivity contribution in [2.24, 2.45) is 0 Å². The third kappa shape index (κ3) is 2.66. The van der Waals surface area contributed by atoms with Crippen molar-refractivity contribution >= 4 is 0 Å². The van der Waals surface area contributed by atoms with Crippen LogP contribution >= 0.6 is 0 Å². The highest BCUT2D eigenvalue weighted by molar-refractivity contribution is 4.86. The Morgan fingerprint density at radius 3 is 3.00 bits per heavy atom. The highest BCUT2D eigenvalue weighted by atomic mass is 16.5. The van der Waals surface area contributed by atoms with Gasteiger partial charge in [-0.3, -0.25) is 0 Å². The third-order valence-electron chi connectivity index (χ3n) is 1.80. The topological polar surface area (TPSA) is 27.1 Å². The fraction of sp³-hybridized carbons (Fsp3) is 0.667. The second-order valence-corrected chi connectivity index (χ2v) is 2.84. The minimum absolute atomic E-state index is 0.631. The number of unbranched alkanes of at least 4 members (excludes halogenated alkanes) is 1. The summed E-state index contributed by atoms with van der Waals surface area (Å²) in [4.78, 5) is 4.10. The molecule has 0 radical (unpaired) electrons. The van der Waals surface area contributed by atoms with E-state index in [2.05, 4.69) is 11.9 Å². The Morgan fingerprint density at radius 2 is 2.42 bits per heavy atom. The maximum atomic E-state index is 5.42. The smallest absolute Gasteiger partial charge is 0.123 e. The molecule has 0 bridgehead atoms. The van der Waals surface area contributed by atoms with Crippen molar-refractivity contribution in [2.45, 2.75) is 33.4 Å². The van der Waals surface area contributed by atoms with Gasteiger partial charge >= 0.3 is 0 Å². The van der Waals surface area contributed by atoms with Crippen molar-refractivity contribution in [1.29, 1.82) is 0 Å². The number of ether oxygens (including phenoxy) is 1. The van der Waals surface area contributed by atoms with Crippen molar-refractivity contribution in [3.8, 4) is 0 Å². The van der Waals surface area contributed by atoms with E-state index < -0.39 is 0 Å². The average Bonchev–Trinajstić information content (AvgIpc) is 2.46. The molecule has 3 heteroatoms. The van der Waals surface area contributed by atoms with Crippen LogP contribution in [-0.2, 0) is 11.5 Å². The van der Waals surface area contributed by atoms with E-state index in [9.17, 15) is 0 Å². The van der Waals surface area contributed by atoms with E-state index in [0.29, 0.717) is 6.73 Å². The number of rotatable bonds is 5. The molecule has 0 unspecified atom stereocenters. The predicted octanol–water partition coefficient (Wildman–Crippen LogP) is 1.97. The lowest BCUT2D eigenvalue weighted by Crippen LogP contribution is -2.04. The molecule has 12 heavy (non-hydrogen) atoms. The minimum Gasteiger partial charge on any atom is -0.361 e. The van der Waals surface area contributed by atoms with E-state index in [-0.39, 0.29) is 0 Å². The molecule has 0 saturated carbocycles. The van der Waals surface area contributed by atoms with Gasteiger partial charge in [-0.05, 0) is 13.3 Å². The Bertz CT molecular complexity index is 220. The number of nitrogens with zero attached hydrogens (tertiary/aromatic N) is 2. The molecule has 0 N–H and O–H groups in total. The second kappa shape index (κ2) is 4.93. The summed E-state index contributed by atoms with van der Waals surface area (Å²) >= 11 is 0. The lowest BCUT2D eigenvalue weighted by atomic mass is 10.4. The molecular formula is C9H16N2O. The molecule has 0 saturated heterocycles. The van der Waals surface area contributed by atoms with Crippen LogP contribution in [0.4, 0.5) is 0 Å². The van der Waals surface area contributed by atoms with Crippen molar-refractivity contribution in [3.05, 3.63) is 18.2 Å². The Hall–Kier alpha value is -0.830. The second-order valence-electron chi connectivity index (χ2n) is 2.84. The van der Waals surface area contributed by atoms with E-state index >= 15 is 0 Å². The zero-order valence-electron chi connectivity index (χ0n) is 7.79. The number of aromatic nitrogens is 2. The van der Waals surface area contributed by atoms with Gasteiger partial charge in [-0.15, -0.1) is 0 Å². The number of aryl methyl sites for hydroxylation is 1. The summed E-state index contributed by atoms with van der Waals surface area (Å²) < 4.78 is 7.42. The predicted molar refractivity (Wildman–Crippen MR) is 47.8 cm³/mol. The molecule has 0 aliphatic rings. The summed E-state index contributed by atoms with van der Waals surface area (Å²) in [5.74, 6) is 1.01. The van der Waals surface area contributed by atoms with Gasteiger partial charge < -0.3 is 9.30 Å². The number of hydrogen-bond acceptors (Lipinski definition) is 2. The number of hydrogen-bond donors (Lipinski definition) is 0. The van der Waals surface area contributed by atoms with Crippen LogP contribution < -0.4 is 0 Å². The molecule has 3 nitrogen and oxygen atoms in total. The van der Waals surface area contributed by atoms with Gasteiger partial charge in [0.05, 0.1) is 0 Å². The van der Waals surface area contributed by atoms with Crippen LogP contribution in [-0.4, -0.2) is 16.2 Å². The standard InChI is InChI=1S/C9H16N2O/c1-3-4-7-12-8-11-6-5-10-9(11)2/h5-6H,3-4,7-8H2,1-2H3. The molecule has 0 fully saturated rings. The van der Waals surface area contributed by atoms with Crippen molar-refractivity contribution in [1.82, 2.24) is 9.55 Å². The van der Waals surface area contributed by atoms with Gasteiger partial charge in [0.25, 0.3) is 0 Å². The molecule has 0 aliphatic carbocycles. The molecule has 0 aliphatic heterocycles. The monoisotopic (exact) mass is 168 g/mol. The molecule has 1 heterocycles. The SMILES string of the molecule is CCCCOCn1ccnc1C. The molecule has 1 rings (SSSR count). The first-order chi connectivity index (χ1) is 5.84. The van der Waals surface area contributed by atoms with Gasteiger partial charge in [-0.2, -0.15) is 0 Å². The Labute approximate surface area is 73.4 Å². The Balaban J connectivity index is 2.20. The largest absolute Gasteiger partial charge is 0.361 e. The first-order valence-corrected chi connectivity index (χ1v) is 4.40. The van der Waals surface area contributed by atoms with E-state index in [0.717, 1.165) is 18.9 Å². The van der Waals surface area contributed by atoms with Gasteiger partial charge in [0.15, 0.2) is 0 Å². The quantitative estimate of drug-likeness (QED) is 0.628. The van der Waals surface area contributed by atoms with Gasteiger partial charge in [0.2, 0.25) is 0 Å². The van der Waals surface area contributed by atoms with Crippen LogP contribution in [0.25, 0.3) is 0 Å². The minimum atomic E-state index is 0.631. The highest BCUT2D eigenvalue weighted by Crippen LogP contribution is 1.96. The maximum Gasteiger partial charge on any atom is 0.123 e. The van der Waals surface area contributed by atoms with Crippen molar-refractivity contribution < 1.29 is 4.74 Å². The van der Waals surface area contributed by atoms with Crippen LogP contribution in [0, 0.1) is 6.92 Å². The van der Waals surface area contributed by atoms with Crippen LogP contribution in [0.2, 0.25) is 0 Å². The van der Waals surface area contributed by atoms with Crippen LogP contribution in [0.15, 0.2) is 12.4 Å². The maximum absolute atomic E-state index is 5.42. The highest BCUT2D eigenvalue weighted by Gasteiger charge is 1.94. The number of imidazole rings is 1. The Kier molecular flexibility index (Phi) is 3.80. The fourth-order valence-electron chi connectivity index (χ4n) is 0.949. The molecule has 0 amide bonds. The van der Waals surface area contributed by atoms with Gasteiger partial charge in [0.1, 0.15) is 12.6 Å². The summed E-state index contributed by atoms with van der Waals surface area (Å²) in [6.07, 6.45) is 6.04. The van der Waals surface area contributed by atoms with Gasteiger partial charge in [-0.25, -0.2) is 4.98 Å². The van der Waals surface area contributed by atoms with E-state index in [4.69, 9.17) is 4.74 Å².